The van der Waals surface area contributed by atoms with Gasteiger partial charge in [0.05, 0.1) is 11.4 Å². The average Bonchev–Trinajstić information content (AvgIpc) is 2.96. The van der Waals surface area contributed by atoms with Crippen molar-refractivity contribution in [2.75, 3.05) is 5.32 Å². The molecule has 0 aliphatic heterocycles. The van der Waals surface area contributed by atoms with Gasteiger partial charge in [-0.3, -0.25) is 10.4 Å². The summed E-state index contributed by atoms with van der Waals surface area (Å²) in [5, 5.41) is 17.2. The van der Waals surface area contributed by atoms with Crippen LogP contribution >= 0.6 is 0 Å². The van der Waals surface area contributed by atoms with Gasteiger partial charge in [-0.25, -0.2) is 9.48 Å². The smallest absolute Gasteiger partial charge is 0.320 e. The van der Waals surface area contributed by atoms with E-state index in [1.54, 1.807) is 0 Å². The van der Waals surface area contributed by atoms with Crippen LogP contribution in [0.1, 0.15) is 37.4 Å². The molecule has 2 aromatic rings. The summed E-state index contributed by atoms with van der Waals surface area (Å²) in [4.78, 5) is 12.1. The molecule has 0 aliphatic carbocycles. The van der Waals surface area contributed by atoms with E-state index in [-0.39, 0.29) is 12.1 Å². The minimum Gasteiger partial charge on any atom is -0.335 e. The highest BCUT2D eigenvalue weighted by atomic mass is 16.2. The lowest BCUT2D eigenvalue weighted by Gasteiger charge is -2.14. The van der Waals surface area contributed by atoms with E-state index in [0.29, 0.717) is 6.42 Å². The maximum absolute atomic E-state index is 12.1. The largest absolute Gasteiger partial charge is 0.335 e. The zero-order valence-corrected chi connectivity index (χ0v) is 13.6. The van der Waals surface area contributed by atoms with Gasteiger partial charge in [0.25, 0.3) is 0 Å². The molecule has 120 valence electrons. The number of carbonyl (C=O) groups is 1. The van der Waals surface area contributed by atoms with Crippen molar-refractivity contribution in [2.45, 2.75) is 53.1 Å². The lowest BCUT2D eigenvalue weighted by Crippen LogP contribution is -2.37. The molecule has 0 saturated carbocycles. The number of nitrogens with zero attached hydrogens (tertiary/aromatic N) is 3. The summed E-state index contributed by atoms with van der Waals surface area (Å²) < 4.78 is 1.82. The Morgan fingerprint density at radius 2 is 2.18 bits per heavy atom. The van der Waals surface area contributed by atoms with Crippen LogP contribution in [0, 0.1) is 13.8 Å². The molecule has 0 radical (unpaired) electrons. The maximum atomic E-state index is 12.1. The summed E-state index contributed by atoms with van der Waals surface area (Å²) in [6.07, 6.45) is 1.65. The summed E-state index contributed by atoms with van der Waals surface area (Å²) in [5.74, 6) is 0.722. The van der Waals surface area contributed by atoms with Crippen molar-refractivity contribution in [2.24, 2.45) is 0 Å². The standard InChI is InChI=1S/C15H24N6O/c1-5-6-21-14(9-12(4)20-21)17-15(22)16-10(2)7-13-8-11(3)18-19-13/h8-10H,5-7H2,1-4H3,(H,18,19)(H2,16,17,22)/t10-/m0/s1. The molecule has 0 saturated heterocycles. The van der Waals surface area contributed by atoms with Crippen molar-refractivity contribution in [3.05, 3.63) is 29.2 Å². The molecular formula is C15H24N6O. The molecule has 0 unspecified atom stereocenters. The number of hydrogen-bond donors (Lipinski definition) is 3. The van der Waals surface area contributed by atoms with E-state index in [4.69, 9.17) is 0 Å². The van der Waals surface area contributed by atoms with Crippen LogP contribution in [-0.2, 0) is 13.0 Å². The SMILES string of the molecule is CCCn1nc(C)cc1NC(=O)N[C@@H](C)Cc1cc(C)[nH]n1. The summed E-state index contributed by atoms with van der Waals surface area (Å²) in [6.45, 7) is 8.69. The normalized spacial score (nSPS) is 12.2. The third kappa shape index (κ3) is 4.34. The summed E-state index contributed by atoms with van der Waals surface area (Å²) in [7, 11) is 0. The van der Waals surface area contributed by atoms with Crippen LogP contribution in [0.5, 0.6) is 0 Å². The first-order valence-corrected chi connectivity index (χ1v) is 7.60. The summed E-state index contributed by atoms with van der Waals surface area (Å²) in [6, 6.07) is 3.62. The van der Waals surface area contributed by atoms with Gasteiger partial charge in [-0.1, -0.05) is 6.92 Å². The monoisotopic (exact) mass is 304 g/mol. The predicted octanol–water partition coefficient (Wildman–Crippen LogP) is 2.39. The number of nitrogens with one attached hydrogen (secondary N) is 3. The first-order valence-electron chi connectivity index (χ1n) is 7.60. The number of aryl methyl sites for hydroxylation is 3. The maximum Gasteiger partial charge on any atom is 0.320 e. The number of urea groups is 1. The number of anilines is 1. The van der Waals surface area contributed by atoms with E-state index in [1.165, 1.54) is 0 Å². The fourth-order valence-electron chi connectivity index (χ4n) is 2.35. The number of amides is 2. The third-order valence-corrected chi connectivity index (χ3v) is 3.23. The molecule has 0 spiro atoms. The van der Waals surface area contributed by atoms with Crippen LogP contribution in [0.3, 0.4) is 0 Å². The number of carbonyl (C=O) groups excluding carboxylic acids is 1. The molecule has 2 heterocycles. The van der Waals surface area contributed by atoms with Crippen LogP contribution in [0.2, 0.25) is 0 Å². The molecule has 0 bridgehead atoms. The van der Waals surface area contributed by atoms with Gasteiger partial charge in [-0.2, -0.15) is 10.2 Å². The van der Waals surface area contributed by atoms with Crippen LogP contribution in [0.25, 0.3) is 0 Å². The van der Waals surface area contributed by atoms with Crippen LogP contribution in [0.4, 0.5) is 10.6 Å². The highest BCUT2D eigenvalue weighted by molar-refractivity contribution is 5.88. The number of hydrogen-bond acceptors (Lipinski definition) is 3. The summed E-state index contributed by atoms with van der Waals surface area (Å²) >= 11 is 0. The second kappa shape index (κ2) is 7.11. The molecule has 2 rings (SSSR count). The zero-order valence-electron chi connectivity index (χ0n) is 13.6. The number of rotatable bonds is 6. The first kappa shape index (κ1) is 16.1. The van der Waals surface area contributed by atoms with E-state index in [1.807, 2.05) is 37.6 Å². The van der Waals surface area contributed by atoms with E-state index < -0.39 is 0 Å². The molecule has 22 heavy (non-hydrogen) atoms. The zero-order chi connectivity index (χ0) is 16.1. The lowest BCUT2D eigenvalue weighted by atomic mass is 10.2. The minimum atomic E-state index is -0.225. The Bertz CT molecular complexity index is 630. The van der Waals surface area contributed by atoms with Crippen molar-refractivity contribution in [3.8, 4) is 0 Å². The predicted molar refractivity (Wildman–Crippen MR) is 85.9 cm³/mol. The van der Waals surface area contributed by atoms with Gasteiger partial charge in [0.1, 0.15) is 5.82 Å². The molecular weight excluding hydrogens is 280 g/mol. The molecule has 0 aliphatic rings. The Kier molecular flexibility index (Phi) is 5.19. The van der Waals surface area contributed by atoms with Crippen LogP contribution in [-0.4, -0.2) is 32.1 Å². The Morgan fingerprint density at radius 1 is 1.41 bits per heavy atom. The van der Waals surface area contributed by atoms with Gasteiger partial charge in [0.15, 0.2) is 0 Å². The quantitative estimate of drug-likeness (QED) is 0.765. The molecule has 1 atom stereocenters. The van der Waals surface area contributed by atoms with Crippen molar-refractivity contribution in [1.82, 2.24) is 25.3 Å². The fourth-order valence-corrected chi connectivity index (χ4v) is 2.35. The molecule has 0 aromatic carbocycles. The molecule has 0 fully saturated rings. The highest BCUT2D eigenvalue weighted by Crippen LogP contribution is 2.11. The Balaban J connectivity index is 1.89. The second-order valence-electron chi connectivity index (χ2n) is 5.64. The average molecular weight is 304 g/mol. The van der Waals surface area contributed by atoms with E-state index >= 15 is 0 Å². The fraction of sp³-hybridized carbons (Fsp3) is 0.533. The molecule has 2 amide bonds. The van der Waals surface area contributed by atoms with Crippen LogP contribution in [0.15, 0.2) is 12.1 Å². The van der Waals surface area contributed by atoms with Gasteiger partial charge in [-0.15, -0.1) is 0 Å². The van der Waals surface area contributed by atoms with Crippen LogP contribution < -0.4 is 10.6 Å². The second-order valence-corrected chi connectivity index (χ2v) is 5.64. The Hall–Kier alpha value is -2.31. The number of aromatic nitrogens is 4. The lowest BCUT2D eigenvalue weighted by molar-refractivity contribution is 0.249. The van der Waals surface area contributed by atoms with Gasteiger partial charge in [0, 0.05) is 30.8 Å². The van der Waals surface area contributed by atoms with Gasteiger partial charge >= 0.3 is 6.03 Å². The van der Waals surface area contributed by atoms with Crippen molar-refractivity contribution < 1.29 is 4.79 Å². The third-order valence-electron chi connectivity index (χ3n) is 3.23. The Labute approximate surface area is 130 Å². The molecule has 7 nitrogen and oxygen atoms in total. The molecule has 7 heteroatoms. The topological polar surface area (TPSA) is 87.6 Å². The molecule has 2 aromatic heterocycles. The van der Waals surface area contributed by atoms with Gasteiger partial charge in [0.2, 0.25) is 0 Å². The Morgan fingerprint density at radius 3 is 2.82 bits per heavy atom. The van der Waals surface area contributed by atoms with E-state index in [0.717, 1.165) is 35.9 Å². The van der Waals surface area contributed by atoms with Gasteiger partial charge in [-0.05, 0) is 33.3 Å². The van der Waals surface area contributed by atoms with Crippen molar-refractivity contribution in [3.63, 3.8) is 0 Å². The first-order chi connectivity index (χ1) is 10.5. The van der Waals surface area contributed by atoms with Gasteiger partial charge < -0.3 is 5.32 Å². The summed E-state index contributed by atoms with van der Waals surface area (Å²) in [5.41, 5.74) is 2.85. The minimum absolute atomic E-state index is 0.00802. The van der Waals surface area contributed by atoms with E-state index in [2.05, 4.69) is 32.9 Å². The molecule has 3 N–H and O–H groups in total. The van der Waals surface area contributed by atoms with E-state index in [9.17, 15) is 4.79 Å². The van der Waals surface area contributed by atoms with Crippen molar-refractivity contribution >= 4 is 11.8 Å². The number of H-pyrrole nitrogens is 1. The van der Waals surface area contributed by atoms with Crippen molar-refractivity contribution in [1.29, 1.82) is 0 Å². The number of aromatic amines is 1. The highest BCUT2D eigenvalue weighted by Gasteiger charge is 2.12.